The van der Waals surface area contributed by atoms with Crippen LogP contribution in [0.5, 0.6) is 0 Å². The van der Waals surface area contributed by atoms with Crippen molar-refractivity contribution in [2.45, 2.75) is 18.8 Å². The summed E-state index contributed by atoms with van der Waals surface area (Å²) in [7, 11) is 0. The van der Waals surface area contributed by atoms with Crippen LogP contribution in [0.4, 0.5) is 32.0 Å². The largest absolute Gasteiger partial charge is 0.416 e. The molecule has 26 heavy (non-hydrogen) atoms. The molecule has 0 heterocycles. The molecule has 3 N–H and O–H groups in total. The van der Waals surface area contributed by atoms with Crippen LogP contribution in [0, 0.1) is 0 Å². The summed E-state index contributed by atoms with van der Waals surface area (Å²) < 4.78 is 76.4. The zero-order valence-corrected chi connectivity index (χ0v) is 12.9. The molecule has 1 aromatic rings. The first-order chi connectivity index (χ1) is 11.9. The van der Waals surface area contributed by atoms with Crippen molar-refractivity contribution in [3.8, 4) is 0 Å². The third-order valence-electron chi connectivity index (χ3n) is 3.03. The highest BCUT2D eigenvalue weighted by atomic mass is 19.4. The van der Waals surface area contributed by atoms with Crippen LogP contribution in [-0.4, -0.2) is 36.2 Å². The molecule has 0 spiro atoms. The first kappa shape index (κ1) is 21.4. The van der Waals surface area contributed by atoms with Crippen molar-refractivity contribution in [1.29, 1.82) is 0 Å². The van der Waals surface area contributed by atoms with Gasteiger partial charge in [0.25, 0.3) is 0 Å². The summed E-state index contributed by atoms with van der Waals surface area (Å²) in [4.78, 5) is 34.7. The molecule has 0 fully saturated rings. The number of carbonyl (C=O) groups excluding carboxylic acids is 3. The van der Waals surface area contributed by atoms with Crippen LogP contribution < -0.4 is 11.1 Å². The molecule has 0 saturated heterocycles. The average molecular weight is 385 g/mol. The van der Waals surface area contributed by atoms with E-state index in [9.17, 15) is 40.7 Å². The molecule has 1 aromatic carbocycles. The Morgan fingerprint density at radius 1 is 1.04 bits per heavy atom. The van der Waals surface area contributed by atoms with Gasteiger partial charge in [-0.05, 0) is 31.2 Å². The van der Waals surface area contributed by atoms with E-state index in [1.807, 2.05) is 0 Å². The van der Waals surface area contributed by atoms with Crippen molar-refractivity contribution in [2.75, 3.05) is 18.4 Å². The number of hydrogen-bond acceptors (Lipinski definition) is 4. The number of nitrogens with one attached hydrogen (secondary N) is 1. The lowest BCUT2D eigenvalue weighted by atomic mass is 10.1. The van der Waals surface area contributed by atoms with Crippen molar-refractivity contribution < 1.29 is 40.7 Å². The smallest absolute Gasteiger partial charge is 0.330 e. The van der Waals surface area contributed by atoms with E-state index in [1.54, 1.807) is 5.32 Å². The normalized spacial score (nSPS) is 11.8. The Bertz CT molecular complexity index is 655. The summed E-state index contributed by atoms with van der Waals surface area (Å²) in [6.07, 6.45) is -10.1. The van der Waals surface area contributed by atoms with Crippen molar-refractivity contribution in [3.63, 3.8) is 0 Å². The van der Waals surface area contributed by atoms with Crippen LogP contribution in [0.1, 0.15) is 17.5 Å². The Balaban J connectivity index is 3.13. The monoisotopic (exact) mass is 385 g/mol. The minimum absolute atomic E-state index is 0.00481. The van der Waals surface area contributed by atoms with Gasteiger partial charge in [0.1, 0.15) is 0 Å². The summed E-state index contributed by atoms with van der Waals surface area (Å²) in [6, 6.07) is 0.355. The summed E-state index contributed by atoms with van der Waals surface area (Å²) >= 11 is 0. The minimum atomic E-state index is -5.11. The molecule has 0 atom stereocenters. The van der Waals surface area contributed by atoms with Crippen molar-refractivity contribution in [3.05, 3.63) is 29.3 Å². The number of hydrogen-bond donors (Lipinski definition) is 2. The zero-order valence-electron chi connectivity index (χ0n) is 12.9. The van der Waals surface area contributed by atoms with Crippen molar-refractivity contribution in [1.82, 2.24) is 4.90 Å². The molecule has 0 unspecified atom stereocenters. The summed E-state index contributed by atoms with van der Waals surface area (Å²) in [5.74, 6) is -3.01. The van der Waals surface area contributed by atoms with Gasteiger partial charge in [-0.3, -0.25) is 19.3 Å². The summed E-state index contributed by atoms with van der Waals surface area (Å²) in [5, 5.41) is 1.64. The molecule has 0 aliphatic heterocycles. The maximum atomic E-state index is 12.7. The number of anilines is 1. The lowest BCUT2D eigenvalue weighted by molar-refractivity contribution is -0.146. The van der Waals surface area contributed by atoms with Gasteiger partial charge in [-0.15, -0.1) is 0 Å². The van der Waals surface area contributed by atoms with Crippen LogP contribution in [-0.2, 0) is 26.7 Å². The Kier molecular flexibility index (Phi) is 6.73. The van der Waals surface area contributed by atoms with E-state index >= 15 is 0 Å². The lowest BCUT2D eigenvalue weighted by Crippen LogP contribution is -2.40. The highest BCUT2D eigenvalue weighted by Gasteiger charge is 2.37. The highest BCUT2D eigenvalue weighted by Crippen LogP contribution is 2.37. The van der Waals surface area contributed by atoms with Gasteiger partial charge in [0.05, 0.1) is 11.1 Å². The van der Waals surface area contributed by atoms with E-state index < -0.39 is 41.0 Å². The zero-order chi connectivity index (χ0) is 20.1. The van der Waals surface area contributed by atoms with Gasteiger partial charge >= 0.3 is 24.2 Å². The number of nitrogens with two attached hydrogens (primary N) is 1. The number of rotatable bonds is 5. The first-order valence-corrected chi connectivity index (χ1v) is 6.97. The van der Waals surface area contributed by atoms with Crippen LogP contribution in [0.25, 0.3) is 0 Å². The topological polar surface area (TPSA) is 92.5 Å². The molecular formula is C14H13F6N3O3. The fraction of sp³-hybridized carbons (Fsp3) is 0.357. The molecule has 1 rings (SSSR count). The SMILES string of the molecule is NCCCN(C=O)C(=O)C(=O)Nc1cc(C(F)(F)F)cc(C(F)(F)F)c1. The second kappa shape index (κ2) is 8.17. The van der Waals surface area contributed by atoms with E-state index in [-0.39, 0.29) is 44.1 Å². The molecular weight excluding hydrogens is 372 g/mol. The molecule has 3 amide bonds. The summed E-state index contributed by atoms with van der Waals surface area (Å²) in [5.41, 5.74) is 0.962. The van der Waals surface area contributed by atoms with Gasteiger partial charge < -0.3 is 11.1 Å². The van der Waals surface area contributed by atoms with Gasteiger partial charge in [0, 0.05) is 12.2 Å². The highest BCUT2D eigenvalue weighted by molar-refractivity contribution is 6.41. The van der Waals surface area contributed by atoms with Gasteiger partial charge in [0.15, 0.2) is 0 Å². The minimum Gasteiger partial charge on any atom is -0.330 e. The third kappa shape index (κ3) is 5.72. The van der Waals surface area contributed by atoms with E-state index in [1.165, 1.54) is 0 Å². The maximum Gasteiger partial charge on any atom is 0.416 e. The fourth-order valence-corrected chi connectivity index (χ4v) is 1.81. The number of nitrogens with zero attached hydrogens (tertiary/aromatic N) is 1. The molecule has 0 aliphatic carbocycles. The molecule has 12 heteroatoms. The molecule has 0 saturated carbocycles. The predicted octanol–water partition coefficient (Wildman–Crippen LogP) is 2.00. The number of carbonyl (C=O) groups is 3. The van der Waals surface area contributed by atoms with E-state index in [4.69, 9.17) is 5.73 Å². The number of halogens is 6. The Labute approximate surface area is 142 Å². The van der Waals surface area contributed by atoms with Crippen molar-refractivity contribution >= 4 is 23.9 Å². The van der Waals surface area contributed by atoms with Crippen molar-refractivity contribution in [2.24, 2.45) is 5.73 Å². The standard InChI is InChI=1S/C14H13F6N3O3/c15-13(16,17)8-4-9(14(18,19)20)6-10(5-8)22-11(25)12(26)23(7-24)3-1-2-21/h4-7H,1-3,21H2,(H,22,25). The van der Waals surface area contributed by atoms with Gasteiger partial charge in [-0.1, -0.05) is 0 Å². The first-order valence-electron chi connectivity index (χ1n) is 6.97. The molecule has 6 nitrogen and oxygen atoms in total. The summed E-state index contributed by atoms with van der Waals surface area (Å²) in [6.45, 7) is -0.148. The second-order valence-corrected chi connectivity index (χ2v) is 4.99. The van der Waals surface area contributed by atoms with E-state index in [0.717, 1.165) is 0 Å². The van der Waals surface area contributed by atoms with Gasteiger partial charge in [0.2, 0.25) is 6.41 Å². The van der Waals surface area contributed by atoms with Crippen LogP contribution in [0.15, 0.2) is 18.2 Å². The maximum absolute atomic E-state index is 12.7. The second-order valence-electron chi connectivity index (χ2n) is 4.99. The third-order valence-corrected chi connectivity index (χ3v) is 3.03. The molecule has 0 aromatic heterocycles. The van der Waals surface area contributed by atoms with Crippen LogP contribution in [0.3, 0.4) is 0 Å². The molecule has 0 aliphatic rings. The quantitative estimate of drug-likeness (QED) is 0.461. The lowest BCUT2D eigenvalue weighted by Gasteiger charge is -2.16. The predicted molar refractivity (Wildman–Crippen MR) is 76.5 cm³/mol. The van der Waals surface area contributed by atoms with Gasteiger partial charge in [-0.2, -0.15) is 26.3 Å². The molecule has 0 bridgehead atoms. The number of amides is 3. The van der Waals surface area contributed by atoms with Crippen LogP contribution >= 0.6 is 0 Å². The average Bonchev–Trinajstić information content (AvgIpc) is 2.53. The van der Waals surface area contributed by atoms with Gasteiger partial charge in [-0.25, -0.2) is 0 Å². The fourth-order valence-electron chi connectivity index (χ4n) is 1.81. The number of alkyl halides is 6. The van der Waals surface area contributed by atoms with E-state index in [2.05, 4.69) is 0 Å². The Morgan fingerprint density at radius 2 is 1.54 bits per heavy atom. The molecule has 144 valence electrons. The van der Waals surface area contributed by atoms with E-state index in [0.29, 0.717) is 4.90 Å². The number of imide groups is 1. The Hall–Kier alpha value is -2.63. The number of benzene rings is 1. The molecule has 0 radical (unpaired) electrons. The Morgan fingerprint density at radius 3 is 1.92 bits per heavy atom. The van der Waals surface area contributed by atoms with Crippen LogP contribution in [0.2, 0.25) is 0 Å².